The largest absolute Gasteiger partial charge is 0.310 e. The van der Waals surface area contributed by atoms with Gasteiger partial charge in [-0.1, -0.05) is 18.2 Å². The number of amides is 1. The molecular formula is C25H23F2N7O3S. The Balaban J connectivity index is 1.49. The molecule has 0 radical (unpaired) electrons. The van der Waals surface area contributed by atoms with Crippen LogP contribution in [-0.4, -0.2) is 44.3 Å². The van der Waals surface area contributed by atoms with Gasteiger partial charge in [0.15, 0.2) is 11.5 Å². The van der Waals surface area contributed by atoms with Crippen LogP contribution < -0.4 is 10.0 Å². The highest BCUT2D eigenvalue weighted by molar-refractivity contribution is 7.90. The smallest absolute Gasteiger partial charge is 0.235 e. The molecule has 13 heteroatoms. The highest BCUT2D eigenvalue weighted by atomic mass is 32.2. The first kappa shape index (κ1) is 24.5. The molecule has 1 saturated carbocycles. The first-order valence-corrected chi connectivity index (χ1v) is 13.6. The van der Waals surface area contributed by atoms with Crippen molar-refractivity contribution in [1.29, 1.82) is 0 Å². The molecule has 1 aliphatic heterocycles. The van der Waals surface area contributed by atoms with Gasteiger partial charge in [0.25, 0.3) is 0 Å². The number of carbonyl (C=O) groups excluding carboxylic acids is 1. The number of benzene rings is 1. The minimum Gasteiger partial charge on any atom is -0.310 e. The molecule has 0 bridgehead atoms. The summed E-state index contributed by atoms with van der Waals surface area (Å²) in [4.78, 5) is 26.0. The van der Waals surface area contributed by atoms with Gasteiger partial charge in [-0.2, -0.15) is 5.10 Å². The van der Waals surface area contributed by atoms with E-state index in [1.807, 2.05) is 0 Å². The van der Waals surface area contributed by atoms with Gasteiger partial charge in [-0.15, -0.1) is 0 Å². The monoisotopic (exact) mass is 539 g/mol. The van der Waals surface area contributed by atoms with Crippen LogP contribution in [0.2, 0.25) is 0 Å². The summed E-state index contributed by atoms with van der Waals surface area (Å²) in [5.41, 5.74) is 0.579. The number of hydrogen-bond acceptors (Lipinski definition) is 7. The fourth-order valence-corrected chi connectivity index (χ4v) is 5.96. The number of nitrogens with one attached hydrogen (secondary N) is 2. The van der Waals surface area contributed by atoms with Gasteiger partial charge in [0.05, 0.1) is 41.0 Å². The second-order valence-electron chi connectivity index (χ2n) is 9.98. The Morgan fingerprint density at radius 3 is 2.68 bits per heavy atom. The van der Waals surface area contributed by atoms with Gasteiger partial charge in [0.2, 0.25) is 15.9 Å². The molecule has 3 aromatic heterocycles. The number of hydrogen-bond donors (Lipinski definition) is 2. The third-order valence-electron chi connectivity index (χ3n) is 6.86. The fraction of sp³-hybridized carbons (Fsp3) is 0.320. The van der Waals surface area contributed by atoms with Crippen LogP contribution in [0, 0.1) is 11.6 Å². The number of carbonyl (C=O) groups is 1. The van der Waals surface area contributed by atoms with Crippen LogP contribution in [0.4, 0.5) is 14.6 Å². The Hall–Kier alpha value is -3.84. The van der Waals surface area contributed by atoms with Crippen molar-refractivity contribution in [1.82, 2.24) is 29.5 Å². The average Bonchev–Trinajstić information content (AvgIpc) is 3.63. The predicted molar refractivity (Wildman–Crippen MR) is 134 cm³/mol. The van der Waals surface area contributed by atoms with E-state index in [4.69, 9.17) is 0 Å². The standard InChI is InChI=1S/C25H23F2N7O3S/c1-25(2)19-18(11-29-38(36,37)15-7-8-15)30-22(31-21(19)32-24(25)35)20-16-9-14(26)10-28-23(16)34(33-20)12-13-5-3-4-6-17(13)27/h3-6,9-10,15,29H,7-8,11-12H2,1-2H3,(H,30,31,32,35). The molecule has 0 unspecified atom stereocenters. The van der Waals surface area contributed by atoms with Gasteiger partial charge in [-0.05, 0) is 38.8 Å². The third kappa shape index (κ3) is 4.11. The zero-order valence-corrected chi connectivity index (χ0v) is 21.3. The first-order chi connectivity index (χ1) is 18.0. The molecule has 2 aliphatic rings. The summed E-state index contributed by atoms with van der Waals surface area (Å²) in [7, 11) is -3.54. The summed E-state index contributed by atoms with van der Waals surface area (Å²) < 4.78 is 57.7. The normalized spacial score (nSPS) is 16.6. The third-order valence-corrected chi connectivity index (χ3v) is 8.75. The molecular weight excluding hydrogens is 516 g/mol. The fourth-order valence-electron chi connectivity index (χ4n) is 4.63. The van der Waals surface area contributed by atoms with E-state index < -0.39 is 32.3 Å². The van der Waals surface area contributed by atoms with Gasteiger partial charge >= 0.3 is 0 Å². The molecule has 1 aliphatic carbocycles. The minimum absolute atomic E-state index is 0.0184. The summed E-state index contributed by atoms with van der Waals surface area (Å²) in [5, 5.41) is 7.15. The van der Waals surface area contributed by atoms with E-state index >= 15 is 0 Å². The molecule has 1 amide bonds. The summed E-state index contributed by atoms with van der Waals surface area (Å²) >= 11 is 0. The Bertz CT molecular complexity index is 1730. The Morgan fingerprint density at radius 1 is 1.18 bits per heavy atom. The van der Waals surface area contributed by atoms with E-state index in [0.717, 1.165) is 6.20 Å². The molecule has 4 aromatic rings. The van der Waals surface area contributed by atoms with E-state index in [1.54, 1.807) is 32.0 Å². The number of pyridine rings is 1. The lowest BCUT2D eigenvalue weighted by Crippen LogP contribution is -2.31. The van der Waals surface area contributed by atoms with Crippen LogP contribution in [-0.2, 0) is 33.3 Å². The van der Waals surface area contributed by atoms with Gasteiger partial charge in [-0.25, -0.2) is 41.6 Å². The van der Waals surface area contributed by atoms with Crippen molar-refractivity contribution >= 4 is 32.8 Å². The van der Waals surface area contributed by atoms with Gasteiger partial charge in [0, 0.05) is 11.1 Å². The summed E-state index contributed by atoms with van der Waals surface area (Å²) in [6.45, 7) is 3.27. The average molecular weight is 540 g/mol. The van der Waals surface area contributed by atoms with Crippen molar-refractivity contribution in [2.24, 2.45) is 0 Å². The molecule has 2 N–H and O–H groups in total. The lowest BCUT2D eigenvalue weighted by atomic mass is 9.85. The molecule has 196 valence electrons. The lowest BCUT2D eigenvalue weighted by molar-refractivity contribution is -0.119. The lowest BCUT2D eigenvalue weighted by Gasteiger charge is -2.18. The van der Waals surface area contributed by atoms with Crippen LogP contribution in [0.5, 0.6) is 0 Å². The second kappa shape index (κ2) is 8.60. The number of nitrogens with zero attached hydrogens (tertiary/aromatic N) is 5. The van der Waals surface area contributed by atoms with Crippen molar-refractivity contribution in [2.45, 2.75) is 50.4 Å². The zero-order valence-electron chi connectivity index (χ0n) is 20.5. The Morgan fingerprint density at radius 2 is 1.95 bits per heavy atom. The number of rotatable bonds is 7. The molecule has 0 saturated heterocycles. The highest BCUT2D eigenvalue weighted by Gasteiger charge is 2.43. The van der Waals surface area contributed by atoms with Crippen molar-refractivity contribution in [3.63, 3.8) is 0 Å². The number of sulfonamides is 1. The SMILES string of the molecule is CC1(C)C(=O)Nc2nc(-c3nn(Cc4ccccc4F)c4ncc(F)cc34)nc(CNS(=O)(=O)C3CC3)c21. The molecule has 6 rings (SSSR count). The summed E-state index contributed by atoms with van der Waals surface area (Å²) in [6, 6.07) is 7.45. The van der Waals surface area contributed by atoms with E-state index in [2.05, 4.69) is 30.1 Å². The van der Waals surface area contributed by atoms with E-state index in [-0.39, 0.29) is 47.4 Å². The maximum Gasteiger partial charge on any atom is 0.235 e. The van der Waals surface area contributed by atoms with Gasteiger partial charge in [0.1, 0.15) is 23.1 Å². The maximum atomic E-state index is 14.4. The molecule has 1 aromatic carbocycles. The van der Waals surface area contributed by atoms with Gasteiger partial charge < -0.3 is 5.32 Å². The number of halogens is 2. The molecule has 4 heterocycles. The maximum absolute atomic E-state index is 14.4. The topological polar surface area (TPSA) is 132 Å². The highest BCUT2D eigenvalue weighted by Crippen LogP contribution is 2.40. The van der Waals surface area contributed by atoms with Crippen LogP contribution in [0.3, 0.4) is 0 Å². The van der Waals surface area contributed by atoms with Crippen molar-refractivity contribution < 1.29 is 22.0 Å². The van der Waals surface area contributed by atoms with E-state index in [0.29, 0.717) is 29.7 Å². The van der Waals surface area contributed by atoms with E-state index in [1.165, 1.54) is 16.8 Å². The molecule has 38 heavy (non-hydrogen) atoms. The number of anilines is 1. The number of fused-ring (bicyclic) bond motifs is 2. The van der Waals surface area contributed by atoms with Crippen molar-refractivity contribution in [3.8, 4) is 11.5 Å². The minimum atomic E-state index is -3.54. The number of aromatic nitrogens is 5. The van der Waals surface area contributed by atoms with Crippen molar-refractivity contribution in [3.05, 3.63) is 65.0 Å². The van der Waals surface area contributed by atoms with Crippen LogP contribution >= 0.6 is 0 Å². The Labute approximate surface area is 216 Å². The Kier molecular flexibility index (Phi) is 5.54. The molecule has 0 atom stereocenters. The summed E-state index contributed by atoms with van der Waals surface area (Å²) in [6.07, 6.45) is 2.23. The van der Waals surface area contributed by atoms with E-state index in [9.17, 15) is 22.0 Å². The molecule has 10 nitrogen and oxygen atoms in total. The zero-order chi connectivity index (χ0) is 26.8. The first-order valence-electron chi connectivity index (χ1n) is 12.0. The van der Waals surface area contributed by atoms with Crippen molar-refractivity contribution in [2.75, 3.05) is 5.32 Å². The quantitative estimate of drug-likeness (QED) is 0.369. The summed E-state index contributed by atoms with van der Waals surface area (Å²) in [5.74, 6) is -1.08. The van der Waals surface area contributed by atoms with Crippen LogP contribution in [0.25, 0.3) is 22.6 Å². The molecule has 1 fully saturated rings. The second-order valence-corrected chi connectivity index (χ2v) is 12.0. The molecule has 0 spiro atoms. The van der Waals surface area contributed by atoms with Gasteiger partial charge in [-0.3, -0.25) is 4.79 Å². The predicted octanol–water partition coefficient (Wildman–Crippen LogP) is 3.03. The van der Waals surface area contributed by atoms with Crippen LogP contribution in [0.1, 0.15) is 43.5 Å². The van der Waals surface area contributed by atoms with Crippen LogP contribution in [0.15, 0.2) is 36.5 Å².